The van der Waals surface area contributed by atoms with Crippen LogP contribution in [-0.4, -0.2) is 47.7 Å². The fraction of sp³-hybridized carbons (Fsp3) is 0.423. The van der Waals surface area contributed by atoms with E-state index < -0.39 is 17.1 Å². The van der Waals surface area contributed by atoms with Crippen LogP contribution in [-0.2, 0) is 4.74 Å². The highest BCUT2D eigenvalue weighted by Crippen LogP contribution is 2.45. The Kier molecular flexibility index (Phi) is 6.27. The van der Waals surface area contributed by atoms with E-state index in [1.165, 1.54) is 30.3 Å². The monoisotopic (exact) mass is 458 g/mol. The number of hydrogen-bond donors (Lipinski definition) is 0. The van der Waals surface area contributed by atoms with Gasteiger partial charge in [0.15, 0.2) is 0 Å². The molecule has 1 spiro atoms. The van der Waals surface area contributed by atoms with Gasteiger partial charge in [0.2, 0.25) is 0 Å². The van der Waals surface area contributed by atoms with Crippen molar-refractivity contribution in [2.24, 2.45) is 5.41 Å². The number of benzene rings is 2. The fourth-order valence-electron chi connectivity index (χ4n) is 4.73. The van der Waals surface area contributed by atoms with E-state index in [1.807, 2.05) is 0 Å². The van der Waals surface area contributed by atoms with Crippen LogP contribution < -0.4 is 0 Å². The van der Waals surface area contributed by atoms with Crippen molar-refractivity contribution in [3.8, 4) is 0 Å². The minimum Gasteiger partial charge on any atom is -0.444 e. The third kappa shape index (κ3) is 5.08. The van der Waals surface area contributed by atoms with Gasteiger partial charge >= 0.3 is 6.09 Å². The molecule has 176 valence electrons. The quantitative estimate of drug-likeness (QED) is 0.578. The highest BCUT2D eigenvalue weighted by atomic mass is 19.1. The zero-order valence-corrected chi connectivity index (χ0v) is 19.2. The Bertz CT molecular complexity index is 985. The van der Waals surface area contributed by atoms with Crippen LogP contribution in [0.5, 0.6) is 0 Å². The number of carbonyl (C=O) groups excluding carboxylic acids is 1. The van der Waals surface area contributed by atoms with E-state index in [4.69, 9.17) is 4.74 Å². The molecule has 7 heteroatoms. The maximum absolute atomic E-state index is 15.2. The highest BCUT2D eigenvalue weighted by Gasteiger charge is 2.48. The van der Waals surface area contributed by atoms with Crippen molar-refractivity contribution < 1.29 is 22.7 Å². The van der Waals surface area contributed by atoms with Gasteiger partial charge in [-0.2, -0.15) is 0 Å². The zero-order chi connectivity index (χ0) is 23.8. The average molecular weight is 459 g/mol. The second-order valence-electron chi connectivity index (χ2n) is 9.92. The van der Waals surface area contributed by atoms with Crippen molar-refractivity contribution >= 4 is 6.09 Å². The van der Waals surface area contributed by atoms with Crippen LogP contribution in [0.15, 0.2) is 60.4 Å². The van der Waals surface area contributed by atoms with Gasteiger partial charge in [0, 0.05) is 26.2 Å². The largest absolute Gasteiger partial charge is 0.444 e. The molecule has 0 aliphatic carbocycles. The van der Waals surface area contributed by atoms with E-state index in [0.29, 0.717) is 19.5 Å². The Morgan fingerprint density at radius 2 is 1.48 bits per heavy atom. The van der Waals surface area contributed by atoms with Gasteiger partial charge in [-0.1, -0.05) is 24.3 Å². The molecule has 1 saturated heterocycles. The average Bonchev–Trinajstić information content (AvgIpc) is 3.16. The lowest BCUT2D eigenvalue weighted by Crippen LogP contribution is -2.48. The molecule has 2 heterocycles. The molecule has 0 unspecified atom stereocenters. The van der Waals surface area contributed by atoms with E-state index in [0.717, 1.165) is 11.1 Å². The molecule has 2 aliphatic rings. The standard InChI is InChI=1S/C26H29F3N2O2/c1-25(2,3)33-24(32)31-14-12-22(29)26(17-31)13-15-30(16-26)23(18-4-8-20(27)9-5-18)19-6-10-21(28)11-7-19/h4-12,23H,13-17H2,1-3H3/t26-/m1/s1. The molecule has 1 atom stereocenters. The van der Waals surface area contributed by atoms with Crippen LogP contribution >= 0.6 is 0 Å². The molecule has 2 aromatic rings. The first-order chi connectivity index (χ1) is 15.6. The Morgan fingerprint density at radius 3 is 2.00 bits per heavy atom. The Balaban J connectivity index is 1.61. The summed E-state index contributed by atoms with van der Waals surface area (Å²) in [7, 11) is 0. The third-order valence-electron chi connectivity index (χ3n) is 6.26. The van der Waals surface area contributed by atoms with Crippen LogP contribution in [0.4, 0.5) is 18.0 Å². The Hall–Kier alpha value is -2.80. The van der Waals surface area contributed by atoms with Crippen molar-refractivity contribution in [3.63, 3.8) is 0 Å². The lowest BCUT2D eigenvalue weighted by Gasteiger charge is -2.39. The van der Waals surface area contributed by atoms with Gasteiger partial charge in [0.1, 0.15) is 23.1 Å². The molecule has 0 bridgehead atoms. The number of amides is 1. The van der Waals surface area contributed by atoms with Crippen LogP contribution in [0, 0.1) is 17.0 Å². The summed E-state index contributed by atoms with van der Waals surface area (Å²) in [5, 5.41) is 0. The normalized spacial score (nSPS) is 21.5. The predicted octanol–water partition coefficient (Wildman–Crippen LogP) is 5.85. The first-order valence-corrected chi connectivity index (χ1v) is 11.2. The number of likely N-dealkylation sites (tertiary alicyclic amines) is 1. The molecule has 0 radical (unpaired) electrons. The summed E-state index contributed by atoms with van der Waals surface area (Å²) in [6, 6.07) is 12.1. The van der Waals surface area contributed by atoms with Crippen molar-refractivity contribution in [2.45, 2.75) is 38.8 Å². The maximum atomic E-state index is 15.2. The van der Waals surface area contributed by atoms with E-state index in [9.17, 15) is 13.6 Å². The van der Waals surface area contributed by atoms with Gasteiger partial charge < -0.3 is 9.64 Å². The summed E-state index contributed by atoms with van der Waals surface area (Å²) in [6.07, 6.45) is 1.52. The molecular weight excluding hydrogens is 429 g/mol. The number of nitrogens with zero attached hydrogens (tertiary/aromatic N) is 2. The number of hydrogen-bond acceptors (Lipinski definition) is 3. The molecule has 0 saturated carbocycles. The number of carbonyl (C=O) groups is 1. The van der Waals surface area contributed by atoms with Crippen molar-refractivity contribution in [2.75, 3.05) is 26.2 Å². The van der Waals surface area contributed by atoms with Gasteiger partial charge in [0.25, 0.3) is 0 Å². The van der Waals surface area contributed by atoms with E-state index >= 15 is 4.39 Å². The fourth-order valence-corrected chi connectivity index (χ4v) is 4.73. The molecule has 0 aromatic heterocycles. The number of ether oxygens (including phenoxy) is 1. The lowest BCUT2D eigenvalue weighted by molar-refractivity contribution is 0.0166. The topological polar surface area (TPSA) is 32.8 Å². The third-order valence-corrected chi connectivity index (χ3v) is 6.26. The summed E-state index contributed by atoms with van der Waals surface area (Å²) < 4.78 is 47.9. The SMILES string of the molecule is CC(C)(C)OC(=O)N1CC=C(F)[C@@]2(CCN(C(c3ccc(F)cc3)c3ccc(F)cc3)C2)C1. The van der Waals surface area contributed by atoms with Crippen LogP contribution in [0.25, 0.3) is 0 Å². The molecule has 1 amide bonds. The summed E-state index contributed by atoms with van der Waals surface area (Å²) in [5.74, 6) is -0.908. The molecule has 33 heavy (non-hydrogen) atoms. The van der Waals surface area contributed by atoms with Gasteiger partial charge in [-0.05, 0) is 68.7 Å². The van der Waals surface area contributed by atoms with Crippen LogP contribution in [0.3, 0.4) is 0 Å². The highest BCUT2D eigenvalue weighted by molar-refractivity contribution is 5.69. The molecule has 2 aliphatic heterocycles. The molecule has 1 fully saturated rings. The molecule has 4 rings (SSSR count). The van der Waals surface area contributed by atoms with E-state index in [-0.39, 0.29) is 36.6 Å². The summed E-state index contributed by atoms with van der Waals surface area (Å²) in [5.41, 5.74) is 0.198. The first kappa shape index (κ1) is 23.4. The first-order valence-electron chi connectivity index (χ1n) is 11.2. The van der Waals surface area contributed by atoms with Gasteiger partial charge in [-0.25, -0.2) is 18.0 Å². The minimum absolute atomic E-state index is 0.169. The lowest BCUT2D eigenvalue weighted by atomic mass is 9.82. The molecule has 0 N–H and O–H groups in total. The molecular formula is C26H29F3N2O2. The summed E-state index contributed by atoms with van der Waals surface area (Å²) >= 11 is 0. The summed E-state index contributed by atoms with van der Waals surface area (Å²) in [4.78, 5) is 16.3. The second-order valence-corrected chi connectivity index (χ2v) is 9.92. The smallest absolute Gasteiger partial charge is 0.410 e. The van der Waals surface area contributed by atoms with E-state index in [1.54, 1.807) is 49.9 Å². The predicted molar refractivity (Wildman–Crippen MR) is 120 cm³/mol. The molecule has 2 aromatic carbocycles. The van der Waals surface area contributed by atoms with Crippen molar-refractivity contribution in [1.29, 1.82) is 0 Å². The van der Waals surface area contributed by atoms with Gasteiger partial charge in [-0.15, -0.1) is 0 Å². The second kappa shape index (κ2) is 8.86. The minimum atomic E-state index is -0.840. The van der Waals surface area contributed by atoms with Crippen LogP contribution in [0.1, 0.15) is 44.4 Å². The Morgan fingerprint density at radius 1 is 0.939 bits per heavy atom. The summed E-state index contributed by atoms with van der Waals surface area (Å²) in [6.45, 7) is 6.73. The van der Waals surface area contributed by atoms with Crippen molar-refractivity contribution in [3.05, 3.63) is 83.2 Å². The number of rotatable bonds is 3. The zero-order valence-electron chi connectivity index (χ0n) is 19.2. The maximum Gasteiger partial charge on any atom is 0.410 e. The van der Waals surface area contributed by atoms with Gasteiger partial charge in [0.05, 0.1) is 11.5 Å². The van der Waals surface area contributed by atoms with Crippen LogP contribution in [0.2, 0.25) is 0 Å². The molecule has 4 nitrogen and oxygen atoms in total. The van der Waals surface area contributed by atoms with Gasteiger partial charge in [-0.3, -0.25) is 4.90 Å². The number of halogens is 3. The Labute approximate surface area is 192 Å². The van der Waals surface area contributed by atoms with Crippen molar-refractivity contribution in [1.82, 2.24) is 9.80 Å². The van der Waals surface area contributed by atoms with E-state index in [2.05, 4.69) is 4.90 Å².